The van der Waals surface area contributed by atoms with Gasteiger partial charge in [-0.3, -0.25) is 9.78 Å². The second kappa shape index (κ2) is 9.65. The molecule has 12 nitrogen and oxygen atoms in total. The molecule has 168 valence electrons. The van der Waals surface area contributed by atoms with Gasteiger partial charge in [0.05, 0.1) is 13.3 Å². The van der Waals surface area contributed by atoms with Crippen molar-refractivity contribution in [1.82, 2.24) is 15.3 Å². The summed E-state index contributed by atoms with van der Waals surface area (Å²) in [6.45, 7) is 9.37. The zero-order valence-electron chi connectivity index (χ0n) is 17.9. The van der Waals surface area contributed by atoms with Crippen LogP contribution in [0.5, 0.6) is 0 Å². The molecule has 1 aliphatic rings. The smallest absolute Gasteiger partial charge is 0.408 e. The van der Waals surface area contributed by atoms with Crippen LogP contribution in [0.1, 0.15) is 34.6 Å². The third-order valence-corrected chi connectivity index (χ3v) is 3.98. The number of aromatic nitrogens is 2. The van der Waals surface area contributed by atoms with Crippen LogP contribution in [0, 0.1) is 5.92 Å². The highest BCUT2D eigenvalue weighted by Gasteiger charge is 2.28. The first-order valence-electron chi connectivity index (χ1n) is 9.60. The van der Waals surface area contributed by atoms with Crippen LogP contribution in [0.3, 0.4) is 0 Å². The Morgan fingerprint density at radius 3 is 2.63 bits per heavy atom. The van der Waals surface area contributed by atoms with Gasteiger partial charge in [0.25, 0.3) is 5.56 Å². The van der Waals surface area contributed by atoms with Gasteiger partial charge in [-0.25, -0.2) is 9.59 Å². The second-order valence-electron chi connectivity index (χ2n) is 8.10. The van der Waals surface area contributed by atoms with Gasteiger partial charge in [-0.1, -0.05) is 13.8 Å². The van der Waals surface area contributed by atoms with Gasteiger partial charge in [0.1, 0.15) is 30.7 Å². The van der Waals surface area contributed by atoms with E-state index < -0.39 is 23.7 Å². The highest BCUT2D eigenvalue weighted by atomic mass is 16.6. The number of fused-ring (bicyclic) bond motifs is 1. The second-order valence-corrected chi connectivity index (χ2v) is 8.10. The van der Waals surface area contributed by atoms with Gasteiger partial charge in [-0.05, 0) is 26.7 Å². The van der Waals surface area contributed by atoms with Crippen LogP contribution in [0.4, 0.5) is 22.2 Å². The molecule has 12 heteroatoms. The molecule has 0 fully saturated rings. The number of carbonyl (C=O) groups excluding carboxylic acids is 2. The molecular formula is C18H30N6O6. The number of rotatable bonds is 8. The van der Waals surface area contributed by atoms with Gasteiger partial charge in [-0.2, -0.15) is 4.98 Å². The summed E-state index contributed by atoms with van der Waals surface area (Å²) in [6, 6.07) is -0.839. The van der Waals surface area contributed by atoms with Crippen LogP contribution in [-0.2, 0) is 19.0 Å². The summed E-state index contributed by atoms with van der Waals surface area (Å²) < 4.78 is 15.9. The molecule has 0 bridgehead atoms. The molecule has 2 heterocycles. The van der Waals surface area contributed by atoms with E-state index in [4.69, 9.17) is 19.9 Å². The van der Waals surface area contributed by atoms with Crippen molar-refractivity contribution in [3.05, 3.63) is 10.4 Å². The third kappa shape index (κ3) is 6.51. The zero-order chi connectivity index (χ0) is 22.5. The number of esters is 1. The first-order chi connectivity index (χ1) is 14.0. The lowest BCUT2D eigenvalue weighted by Gasteiger charge is -2.24. The van der Waals surface area contributed by atoms with Crippen molar-refractivity contribution in [3.63, 3.8) is 0 Å². The van der Waals surface area contributed by atoms with Crippen molar-refractivity contribution < 1.29 is 23.8 Å². The fourth-order valence-corrected chi connectivity index (χ4v) is 2.62. The number of nitrogen functional groups attached to an aromatic ring is 1. The normalized spacial score (nSPS) is 14.1. The van der Waals surface area contributed by atoms with Gasteiger partial charge in [0.15, 0.2) is 5.82 Å². The van der Waals surface area contributed by atoms with E-state index in [1.54, 1.807) is 39.5 Å². The SMILES string of the molecule is CC(C)[C@H](NC(=O)OC(C)(C)C)C(=O)OCCOCN1CNc2c1nc(N)[nH]c2=O. The summed E-state index contributed by atoms with van der Waals surface area (Å²) in [5.41, 5.74) is 4.87. The van der Waals surface area contributed by atoms with E-state index in [9.17, 15) is 14.4 Å². The van der Waals surface area contributed by atoms with E-state index in [2.05, 4.69) is 20.6 Å². The molecule has 2 rings (SSSR count). The van der Waals surface area contributed by atoms with Crippen LogP contribution in [0.25, 0.3) is 0 Å². The number of ether oxygens (including phenoxy) is 3. The molecule has 0 unspecified atom stereocenters. The number of nitrogens with zero attached hydrogens (tertiary/aromatic N) is 2. The number of carbonyl (C=O) groups is 2. The fraction of sp³-hybridized carbons (Fsp3) is 0.667. The summed E-state index contributed by atoms with van der Waals surface area (Å²) >= 11 is 0. The highest BCUT2D eigenvalue weighted by Crippen LogP contribution is 2.24. The summed E-state index contributed by atoms with van der Waals surface area (Å²) in [6.07, 6.45) is -0.684. The molecule has 1 amide bonds. The zero-order valence-corrected chi connectivity index (χ0v) is 17.9. The van der Waals surface area contributed by atoms with Gasteiger partial charge in [-0.15, -0.1) is 0 Å². The molecule has 1 atom stereocenters. The highest BCUT2D eigenvalue weighted by molar-refractivity contribution is 5.81. The Bertz CT molecular complexity index is 818. The summed E-state index contributed by atoms with van der Waals surface area (Å²) in [5.74, 6) is -0.352. The average Bonchev–Trinajstić information content (AvgIpc) is 3.00. The Kier molecular flexibility index (Phi) is 7.48. The molecule has 1 aromatic rings. The monoisotopic (exact) mass is 426 g/mol. The number of nitrogens with two attached hydrogens (primary N) is 1. The first-order valence-corrected chi connectivity index (χ1v) is 9.60. The molecule has 30 heavy (non-hydrogen) atoms. The molecule has 0 radical (unpaired) electrons. The summed E-state index contributed by atoms with van der Waals surface area (Å²) in [7, 11) is 0. The Hall–Kier alpha value is -3.02. The number of H-pyrrole nitrogens is 1. The van der Waals surface area contributed by atoms with E-state index >= 15 is 0 Å². The van der Waals surface area contributed by atoms with Gasteiger partial charge >= 0.3 is 12.1 Å². The number of hydrogen-bond donors (Lipinski definition) is 4. The molecule has 1 aromatic heterocycles. The Balaban J connectivity index is 1.76. The minimum Gasteiger partial charge on any atom is -0.462 e. The molecule has 0 spiro atoms. The minimum absolute atomic E-state index is 0.00286. The number of alkyl carbamates (subject to hydrolysis) is 1. The van der Waals surface area contributed by atoms with E-state index in [1.807, 2.05) is 0 Å². The van der Waals surface area contributed by atoms with Gasteiger partial charge < -0.3 is 35.5 Å². The van der Waals surface area contributed by atoms with Gasteiger partial charge in [0.2, 0.25) is 5.95 Å². The van der Waals surface area contributed by atoms with Crippen LogP contribution < -0.4 is 26.8 Å². The number of hydrogen-bond acceptors (Lipinski definition) is 10. The molecule has 5 N–H and O–H groups in total. The van der Waals surface area contributed by atoms with Crippen molar-refractivity contribution in [2.24, 2.45) is 5.92 Å². The maximum absolute atomic E-state index is 12.3. The quantitative estimate of drug-likeness (QED) is 0.342. The lowest BCUT2D eigenvalue weighted by Crippen LogP contribution is -2.47. The molecular weight excluding hydrogens is 396 g/mol. The molecule has 0 aromatic carbocycles. The Morgan fingerprint density at radius 1 is 1.30 bits per heavy atom. The molecule has 0 aliphatic carbocycles. The first kappa shape index (κ1) is 23.3. The largest absolute Gasteiger partial charge is 0.462 e. The average molecular weight is 426 g/mol. The van der Waals surface area contributed by atoms with Crippen molar-refractivity contribution in [2.45, 2.75) is 46.3 Å². The summed E-state index contributed by atoms with van der Waals surface area (Å²) in [5, 5.41) is 5.45. The Labute approximate surface area is 174 Å². The van der Waals surface area contributed by atoms with E-state index in [-0.39, 0.29) is 37.4 Å². The molecule has 0 saturated heterocycles. The van der Waals surface area contributed by atoms with Crippen LogP contribution in [0.2, 0.25) is 0 Å². The van der Waals surface area contributed by atoms with Crippen molar-refractivity contribution >= 4 is 29.5 Å². The van der Waals surface area contributed by atoms with E-state index in [1.165, 1.54) is 0 Å². The fourth-order valence-electron chi connectivity index (χ4n) is 2.62. The molecule has 0 saturated carbocycles. The minimum atomic E-state index is -0.839. The van der Waals surface area contributed by atoms with Crippen molar-refractivity contribution in [1.29, 1.82) is 0 Å². The predicted molar refractivity (Wildman–Crippen MR) is 110 cm³/mol. The Morgan fingerprint density at radius 2 is 2.00 bits per heavy atom. The third-order valence-electron chi connectivity index (χ3n) is 3.98. The summed E-state index contributed by atoms with van der Waals surface area (Å²) in [4.78, 5) is 44.2. The lowest BCUT2D eigenvalue weighted by atomic mass is 10.1. The van der Waals surface area contributed by atoms with E-state index in [0.29, 0.717) is 18.2 Å². The van der Waals surface area contributed by atoms with Gasteiger partial charge in [0, 0.05) is 0 Å². The number of aromatic amines is 1. The maximum atomic E-state index is 12.3. The predicted octanol–water partition coefficient (Wildman–Crippen LogP) is 0.608. The number of amides is 1. The lowest BCUT2D eigenvalue weighted by molar-refractivity contribution is -0.148. The molecule has 1 aliphatic heterocycles. The van der Waals surface area contributed by atoms with Crippen LogP contribution in [0.15, 0.2) is 4.79 Å². The number of anilines is 3. The standard InChI is InChI=1S/C18H30N6O6/c1-10(2)11(21-17(27)30-18(3,4)5)15(26)29-7-6-28-9-24-8-20-12-13(24)22-16(19)23-14(12)25/h10-11,20H,6-9H2,1-5H3,(H,21,27)(H3,19,22,23,25)/t11-/m0/s1. The number of nitrogens with one attached hydrogen (secondary N) is 3. The van der Waals surface area contributed by atoms with Crippen molar-refractivity contribution in [3.8, 4) is 0 Å². The van der Waals surface area contributed by atoms with Crippen LogP contribution in [-0.4, -0.2) is 60.3 Å². The van der Waals surface area contributed by atoms with Crippen molar-refractivity contribution in [2.75, 3.05) is 42.6 Å². The van der Waals surface area contributed by atoms with E-state index in [0.717, 1.165) is 0 Å². The maximum Gasteiger partial charge on any atom is 0.408 e. The topological polar surface area (TPSA) is 161 Å². The van der Waals surface area contributed by atoms with Crippen LogP contribution >= 0.6 is 0 Å².